The van der Waals surface area contributed by atoms with Crippen LogP contribution in [-0.4, -0.2) is 33.3 Å². The molecule has 3 N–H and O–H groups in total. The van der Waals surface area contributed by atoms with Gasteiger partial charge in [-0.3, -0.25) is 0 Å². The van der Waals surface area contributed by atoms with Gasteiger partial charge in [-0.25, -0.2) is 0 Å². The molecule has 0 heterocycles. The summed E-state index contributed by atoms with van der Waals surface area (Å²) in [6, 6.07) is 0. The molecular weight excluding hydrogens is 314 g/mol. The number of aliphatic hydroxyl groups excluding tert-OH is 2. The highest BCUT2D eigenvalue weighted by Crippen LogP contribution is 2.65. The Morgan fingerprint density at radius 2 is 1.92 bits per heavy atom. The van der Waals surface area contributed by atoms with E-state index in [-0.39, 0.29) is 10.8 Å². The number of oxime groups is 1. The van der Waals surface area contributed by atoms with Gasteiger partial charge in [-0.1, -0.05) is 36.7 Å². The van der Waals surface area contributed by atoms with Crippen molar-refractivity contribution < 1.29 is 15.4 Å². The van der Waals surface area contributed by atoms with Crippen LogP contribution in [0.1, 0.15) is 59.3 Å². The van der Waals surface area contributed by atoms with Crippen LogP contribution in [-0.2, 0) is 0 Å². The Morgan fingerprint density at radius 3 is 2.64 bits per heavy atom. The maximum atomic E-state index is 10.9. The van der Waals surface area contributed by atoms with E-state index in [1.165, 1.54) is 11.1 Å². The van der Waals surface area contributed by atoms with Gasteiger partial charge in [0.2, 0.25) is 0 Å². The van der Waals surface area contributed by atoms with Crippen molar-refractivity contribution in [3.63, 3.8) is 0 Å². The smallest absolute Gasteiger partial charge is 0.0799 e. The fourth-order valence-electron chi connectivity index (χ4n) is 6.88. The summed E-state index contributed by atoms with van der Waals surface area (Å²) >= 11 is 0. The Bertz CT molecular complexity index is 666. The first-order valence-electron chi connectivity index (χ1n) is 9.77. The lowest BCUT2D eigenvalue weighted by Gasteiger charge is -2.59. The molecule has 0 aromatic carbocycles. The molecule has 138 valence electrons. The summed E-state index contributed by atoms with van der Waals surface area (Å²) in [4.78, 5) is 0. The summed E-state index contributed by atoms with van der Waals surface area (Å²) in [6.45, 7) is 6.47. The molecule has 0 aromatic heterocycles. The van der Waals surface area contributed by atoms with Crippen LogP contribution in [0.4, 0.5) is 0 Å². The van der Waals surface area contributed by atoms with Crippen LogP contribution < -0.4 is 0 Å². The molecule has 7 atom stereocenters. The average Bonchev–Trinajstić information content (AvgIpc) is 2.93. The average molecular weight is 345 g/mol. The van der Waals surface area contributed by atoms with Crippen LogP contribution in [0.5, 0.6) is 0 Å². The first-order chi connectivity index (χ1) is 11.8. The topological polar surface area (TPSA) is 73.1 Å². The third kappa shape index (κ3) is 2.23. The first kappa shape index (κ1) is 17.3. The van der Waals surface area contributed by atoms with Crippen molar-refractivity contribution in [2.75, 3.05) is 0 Å². The molecule has 4 nitrogen and oxygen atoms in total. The lowest BCUT2D eigenvalue weighted by molar-refractivity contribution is -0.0959. The van der Waals surface area contributed by atoms with Gasteiger partial charge >= 0.3 is 0 Å². The minimum Gasteiger partial charge on any atom is -0.411 e. The fraction of sp³-hybridized carbons (Fsp3) is 0.762. The Kier molecular flexibility index (Phi) is 3.93. The predicted molar refractivity (Wildman–Crippen MR) is 97.5 cm³/mol. The predicted octanol–water partition coefficient (Wildman–Crippen LogP) is 3.67. The second kappa shape index (κ2) is 5.68. The second-order valence-electron chi connectivity index (χ2n) is 9.23. The van der Waals surface area contributed by atoms with E-state index in [2.05, 4.69) is 31.2 Å². The van der Waals surface area contributed by atoms with E-state index in [0.717, 1.165) is 37.8 Å². The number of rotatable bonds is 1. The first-order valence-corrected chi connectivity index (χ1v) is 9.77. The molecule has 0 radical (unpaired) electrons. The quantitative estimate of drug-likeness (QED) is 0.294. The van der Waals surface area contributed by atoms with Crippen molar-refractivity contribution in [3.05, 3.63) is 23.3 Å². The molecule has 25 heavy (non-hydrogen) atoms. The minimum atomic E-state index is -0.450. The van der Waals surface area contributed by atoms with Gasteiger partial charge in [0.25, 0.3) is 0 Å². The molecule has 4 aliphatic rings. The van der Waals surface area contributed by atoms with Crippen molar-refractivity contribution in [2.24, 2.45) is 33.7 Å². The van der Waals surface area contributed by atoms with Gasteiger partial charge in [0.15, 0.2) is 0 Å². The molecule has 0 bridgehead atoms. The van der Waals surface area contributed by atoms with Crippen molar-refractivity contribution in [1.82, 2.24) is 0 Å². The molecule has 2 saturated carbocycles. The van der Waals surface area contributed by atoms with E-state index < -0.39 is 12.2 Å². The molecule has 0 unspecified atom stereocenters. The number of hydrogen-bond acceptors (Lipinski definition) is 4. The van der Waals surface area contributed by atoms with Crippen LogP contribution >= 0.6 is 0 Å². The zero-order chi connectivity index (χ0) is 18.0. The summed E-state index contributed by atoms with van der Waals surface area (Å²) in [5, 5.41) is 33.7. The van der Waals surface area contributed by atoms with Crippen molar-refractivity contribution >= 4 is 5.71 Å². The number of aliphatic hydroxyl groups is 2. The molecule has 4 aliphatic carbocycles. The Balaban J connectivity index is 1.69. The molecule has 2 fully saturated rings. The van der Waals surface area contributed by atoms with Crippen LogP contribution in [0.2, 0.25) is 0 Å². The summed E-state index contributed by atoms with van der Waals surface area (Å²) in [6.07, 6.45) is 9.23. The van der Waals surface area contributed by atoms with Gasteiger partial charge < -0.3 is 15.4 Å². The largest absolute Gasteiger partial charge is 0.411 e. The zero-order valence-corrected chi connectivity index (χ0v) is 15.6. The molecule has 0 saturated heterocycles. The Morgan fingerprint density at radius 1 is 1.16 bits per heavy atom. The van der Waals surface area contributed by atoms with Crippen LogP contribution in [0.15, 0.2) is 28.5 Å². The van der Waals surface area contributed by atoms with E-state index in [9.17, 15) is 15.4 Å². The third-order valence-corrected chi connectivity index (χ3v) is 8.30. The summed E-state index contributed by atoms with van der Waals surface area (Å²) in [7, 11) is 0. The molecule has 0 spiro atoms. The number of nitrogens with zero attached hydrogens (tertiary/aromatic N) is 1. The van der Waals surface area contributed by atoms with E-state index >= 15 is 0 Å². The SMILES string of the molecule is C/C(=N\O)C1=CC[C@@H]2[C@H]3CC=C4C[C@@H](O)C[C@H](O)[C@]4(C)[C@@H]3CC[C@]12C. The second-order valence-corrected chi connectivity index (χ2v) is 9.23. The van der Waals surface area contributed by atoms with E-state index in [1.54, 1.807) is 0 Å². The monoisotopic (exact) mass is 345 g/mol. The van der Waals surface area contributed by atoms with Gasteiger partial charge in [-0.2, -0.15) is 0 Å². The molecule has 0 amide bonds. The fourth-order valence-corrected chi connectivity index (χ4v) is 6.88. The highest BCUT2D eigenvalue weighted by Gasteiger charge is 2.59. The molecule has 4 rings (SSSR count). The molecule has 0 aromatic rings. The Labute approximate surface area is 150 Å². The summed E-state index contributed by atoms with van der Waals surface area (Å²) in [5.41, 5.74) is 3.15. The van der Waals surface area contributed by atoms with Crippen LogP contribution in [0, 0.1) is 28.6 Å². The summed E-state index contributed by atoms with van der Waals surface area (Å²) in [5.74, 6) is 1.58. The molecule has 0 aliphatic heterocycles. The Hall–Kier alpha value is -1.13. The van der Waals surface area contributed by atoms with Gasteiger partial charge in [-0.15, -0.1) is 0 Å². The van der Waals surface area contributed by atoms with Gasteiger partial charge in [0.1, 0.15) is 0 Å². The van der Waals surface area contributed by atoms with Gasteiger partial charge in [0.05, 0.1) is 17.9 Å². The lowest BCUT2D eigenvalue weighted by Crippen LogP contribution is -2.55. The van der Waals surface area contributed by atoms with Crippen LogP contribution in [0.3, 0.4) is 0 Å². The van der Waals surface area contributed by atoms with E-state index in [1.807, 2.05) is 6.92 Å². The zero-order valence-electron chi connectivity index (χ0n) is 15.6. The van der Waals surface area contributed by atoms with Crippen LogP contribution in [0.25, 0.3) is 0 Å². The molecular formula is C21H31NO3. The molecule has 4 heteroatoms. The lowest BCUT2D eigenvalue weighted by atomic mass is 9.46. The van der Waals surface area contributed by atoms with Gasteiger partial charge in [0, 0.05) is 11.8 Å². The van der Waals surface area contributed by atoms with Crippen molar-refractivity contribution in [3.8, 4) is 0 Å². The number of fused-ring (bicyclic) bond motifs is 5. The van der Waals surface area contributed by atoms with Crippen molar-refractivity contribution in [1.29, 1.82) is 0 Å². The standard InChI is InChI=1S/C21H31NO3/c1-12(22-25)16-6-7-17-15-5-4-13-10-14(23)11-19(24)21(13,3)18(15)8-9-20(16,17)2/h4,6,14-15,17-19,23-25H,5,7-11H2,1-3H3/b22-12+/t14-,15-,17-,18-,19+,20-,21+/m1/s1. The maximum absolute atomic E-state index is 10.9. The maximum Gasteiger partial charge on any atom is 0.0799 e. The number of hydrogen-bond donors (Lipinski definition) is 3. The normalized spacial score (nSPS) is 49.6. The van der Waals surface area contributed by atoms with Gasteiger partial charge in [-0.05, 0) is 67.8 Å². The highest BCUT2D eigenvalue weighted by atomic mass is 16.4. The third-order valence-electron chi connectivity index (χ3n) is 8.30. The van der Waals surface area contributed by atoms with E-state index in [0.29, 0.717) is 24.2 Å². The van der Waals surface area contributed by atoms with E-state index in [4.69, 9.17) is 0 Å². The van der Waals surface area contributed by atoms with Crippen molar-refractivity contribution in [2.45, 2.75) is 71.5 Å². The highest BCUT2D eigenvalue weighted by molar-refractivity contribution is 5.99. The summed E-state index contributed by atoms with van der Waals surface area (Å²) < 4.78 is 0. The minimum absolute atomic E-state index is 0.0817. The number of allylic oxidation sites excluding steroid dienone is 3.